The first-order valence-corrected chi connectivity index (χ1v) is 7.65. The van der Waals surface area contributed by atoms with Crippen molar-refractivity contribution in [3.63, 3.8) is 0 Å². The maximum Gasteiger partial charge on any atom is 0.320 e. The first-order chi connectivity index (χ1) is 9.33. The number of unbranched alkanes of at least 4 members (excludes halogenated alkanes) is 1. The summed E-state index contributed by atoms with van der Waals surface area (Å²) in [5, 5.41) is 8.59. The molecule has 8 heteroatoms. The third-order valence-electron chi connectivity index (χ3n) is 2.74. The summed E-state index contributed by atoms with van der Waals surface area (Å²) >= 11 is 0. The van der Waals surface area contributed by atoms with Crippen LogP contribution in [0.4, 0.5) is 5.69 Å². The van der Waals surface area contributed by atoms with Crippen LogP contribution in [-0.2, 0) is 14.8 Å². The van der Waals surface area contributed by atoms with Crippen LogP contribution in [0.1, 0.15) is 19.3 Å². The van der Waals surface area contributed by atoms with Gasteiger partial charge in [-0.2, -0.15) is 0 Å². The molecule has 0 aliphatic rings. The van der Waals surface area contributed by atoms with E-state index in [2.05, 4.69) is 4.72 Å². The molecule has 0 fully saturated rings. The Labute approximate surface area is 118 Å². The van der Waals surface area contributed by atoms with Crippen molar-refractivity contribution < 1.29 is 18.3 Å². The fraction of sp³-hybridized carbons (Fsp3) is 0.417. The van der Waals surface area contributed by atoms with Crippen molar-refractivity contribution in [1.29, 1.82) is 0 Å². The minimum Gasteiger partial charge on any atom is -0.480 e. The number of anilines is 1. The number of carbonyl (C=O) groups is 1. The summed E-state index contributed by atoms with van der Waals surface area (Å²) in [5.41, 5.74) is 11.3. The molecule has 0 amide bonds. The molecule has 1 aromatic carbocycles. The van der Waals surface area contributed by atoms with E-state index in [9.17, 15) is 13.2 Å². The molecule has 1 rings (SSSR count). The number of sulfonamides is 1. The van der Waals surface area contributed by atoms with Crippen LogP contribution >= 0.6 is 0 Å². The maximum atomic E-state index is 11.9. The Balaban J connectivity index is 2.37. The van der Waals surface area contributed by atoms with Gasteiger partial charge in [0.15, 0.2) is 0 Å². The highest BCUT2D eigenvalue weighted by Gasteiger charge is 2.13. The third-order valence-corrected chi connectivity index (χ3v) is 4.22. The lowest BCUT2D eigenvalue weighted by molar-refractivity contribution is -0.138. The summed E-state index contributed by atoms with van der Waals surface area (Å²) in [5.74, 6) is -1.05. The van der Waals surface area contributed by atoms with Crippen LogP contribution < -0.4 is 16.2 Å². The number of nitrogen functional groups attached to an aromatic ring is 1. The molecule has 1 unspecified atom stereocenters. The van der Waals surface area contributed by atoms with Crippen LogP contribution in [0.3, 0.4) is 0 Å². The highest BCUT2D eigenvalue weighted by atomic mass is 32.2. The number of aliphatic carboxylic acids is 1. The largest absolute Gasteiger partial charge is 0.480 e. The number of benzene rings is 1. The number of nitrogens with one attached hydrogen (secondary N) is 1. The van der Waals surface area contributed by atoms with Crippen LogP contribution in [0.2, 0.25) is 0 Å². The van der Waals surface area contributed by atoms with Crippen LogP contribution in [0.25, 0.3) is 0 Å². The van der Waals surface area contributed by atoms with E-state index in [1.54, 1.807) is 0 Å². The number of nitrogens with two attached hydrogens (primary N) is 2. The van der Waals surface area contributed by atoms with E-state index in [0.717, 1.165) is 0 Å². The molecule has 0 saturated heterocycles. The molecule has 20 heavy (non-hydrogen) atoms. The summed E-state index contributed by atoms with van der Waals surface area (Å²) < 4.78 is 26.2. The van der Waals surface area contributed by atoms with E-state index in [4.69, 9.17) is 16.6 Å². The van der Waals surface area contributed by atoms with Crippen molar-refractivity contribution in [2.45, 2.75) is 30.2 Å². The molecule has 0 aliphatic heterocycles. The molecule has 112 valence electrons. The zero-order valence-electron chi connectivity index (χ0n) is 11.0. The van der Waals surface area contributed by atoms with Gasteiger partial charge in [-0.1, -0.05) is 6.42 Å². The third kappa shape index (κ3) is 5.16. The van der Waals surface area contributed by atoms with Gasteiger partial charge in [0.05, 0.1) is 4.90 Å². The lowest BCUT2D eigenvalue weighted by Crippen LogP contribution is -2.30. The first-order valence-electron chi connectivity index (χ1n) is 6.16. The summed E-state index contributed by atoms with van der Waals surface area (Å²) in [6.45, 7) is 0.235. The Morgan fingerprint density at radius 1 is 1.25 bits per heavy atom. The summed E-state index contributed by atoms with van der Waals surface area (Å²) in [7, 11) is -3.55. The van der Waals surface area contributed by atoms with Gasteiger partial charge in [0, 0.05) is 12.2 Å². The molecule has 0 aromatic heterocycles. The first kappa shape index (κ1) is 16.4. The predicted octanol–water partition coefficient (Wildman–Crippen LogP) is 0.129. The van der Waals surface area contributed by atoms with Crippen molar-refractivity contribution in [2.75, 3.05) is 12.3 Å². The molecular weight excluding hydrogens is 282 g/mol. The van der Waals surface area contributed by atoms with Crippen LogP contribution in [0.15, 0.2) is 29.2 Å². The van der Waals surface area contributed by atoms with Gasteiger partial charge in [-0.3, -0.25) is 4.79 Å². The number of rotatable bonds is 8. The molecule has 0 saturated carbocycles. The highest BCUT2D eigenvalue weighted by molar-refractivity contribution is 7.89. The second kappa shape index (κ2) is 7.22. The fourth-order valence-electron chi connectivity index (χ4n) is 1.55. The average molecular weight is 301 g/mol. The number of hydrogen-bond acceptors (Lipinski definition) is 5. The minimum atomic E-state index is -3.55. The number of carboxylic acids is 1. The zero-order chi connectivity index (χ0) is 15.2. The topological polar surface area (TPSA) is 136 Å². The Hall–Kier alpha value is -1.64. The van der Waals surface area contributed by atoms with Crippen molar-refractivity contribution in [3.8, 4) is 0 Å². The molecule has 6 N–H and O–H groups in total. The Morgan fingerprint density at radius 3 is 2.40 bits per heavy atom. The molecule has 7 nitrogen and oxygen atoms in total. The molecule has 0 heterocycles. The second-order valence-corrected chi connectivity index (χ2v) is 6.17. The van der Waals surface area contributed by atoms with E-state index >= 15 is 0 Å². The Morgan fingerprint density at radius 2 is 1.85 bits per heavy atom. The summed E-state index contributed by atoms with van der Waals surface area (Å²) in [4.78, 5) is 10.6. The van der Waals surface area contributed by atoms with Crippen molar-refractivity contribution in [2.24, 2.45) is 5.73 Å². The maximum absolute atomic E-state index is 11.9. The van der Waals surface area contributed by atoms with Crippen LogP contribution in [0.5, 0.6) is 0 Å². The Kier molecular flexibility index (Phi) is 5.93. The normalized spacial score (nSPS) is 13.1. The SMILES string of the molecule is Nc1ccc(S(=O)(=O)NCCCCC(N)C(=O)O)cc1. The highest BCUT2D eigenvalue weighted by Crippen LogP contribution is 2.11. The van der Waals surface area contributed by atoms with Gasteiger partial charge < -0.3 is 16.6 Å². The predicted molar refractivity (Wildman–Crippen MR) is 75.5 cm³/mol. The van der Waals surface area contributed by atoms with Crippen molar-refractivity contribution >= 4 is 21.7 Å². The van der Waals surface area contributed by atoms with Crippen LogP contribution in [0, 0.1) is 0 Å². The standard InChI is InChI=1S/C12H19N3O4S/c13-9-4-6-10(7-5-9)20(18,19)15-8-2-1-3-11(14)12(16)17/h4-7,11,15H,1-3,8,13-14H2,(H,16,17). The monoisotopic (exact) mass is 301 g/mol. The minimum absolute atomic E-state index is 0.147. The average Bonchev–Trinajstić information content (AvgIpc) is 2.38. The lowest BCUT2D eigenvalue weighted by Gasteiger charge is -2.08. The molecule has 1 atom stereocenters. The number of carboxylic acid groups (broad SMARTS) is 1. The van der Waals surface area contributed by atoms with Crippen LogP contribution in [-0.4, -0.2) is 32.1 Å². The second-order valence-electron chi connectivity index (χ2n) is 4.41. The van der Waals surface area contributed by atoms with Gasteiger partial charge in [0.25, 0.3) is 0 Å². The molecule has 0 spiro atoms. The van der Waals surface area contributed by atoms with E-state index in [1.807, 2.05) is 0 Å². The van der Waals surface area contributed by atoms with Crippen molar-refractivity contribution in [3.05, 3.63) is 24.3 Å². The van der Waals surface area contributed by atoms with E-state index in [-0.39, 0.29) is 11.4 Å². The fourth-order valence-corrected chi connectivity index (χ4v) is 2.62. The lowest BCUT2D eigenvalue weighted by atomic mass is 10.1. The summed E-state index contributed by atoms with van der Waals surface area (Å²) in [6, 6.07) is 4.99. The molecule has 0 radical (unpaired) electrons. The number of hydrogen-bond donors (Lipinski definition) is 4. The van der Waals surface area contributed by atoms with Gasteiger partial charge >= 0.3 is 5.97 Å². The van der Waals surface area contributed by atoms with E-state index in [0.29, 0.717) is 24.9 Å². The van der Waals surface area contributed by atoms with Gasteiger partial charge in [-0.05, 0) is 37.1 Å². The van der Waals surface area contributed by atoms with Gasteiger partial charge in [-0.15, -0.1) is 0 Å². The molecule has 0 aliphatic carbocycles. The smallest absolute Gasteiger partial charge is 0.320 e. The summed E-state index contributed by atoms with van der Waals surface area (Å²) in [6.07, 6.45) is 1.38. The van der Waals surface area contributed by atoms with E-state index < -0.39 is 22.0 Å². The Bertz CT molecular complexity index is 542. The van der Waals surface area contributed by atoms with E-state index in [1.165, 1.54) is 24.3 Å². The van der Waals surface area contributed by atoms with Crippen molar-refractivity contribution in [1.82, 2.24) is 4.72 Å². The van der Waals surface area contributed by atoms with Gasteiger partial charge in [-0.25, -0.2) is 13.1 Å². The quantitative estimate of drug-likeness (QED) is 0.398. The van der Waals surface area contributed by atoms with Gasteiger partial charge in [0.1, 0.15) is 6.04 Å². The van der Waals surface area contributed by atoms with Gasteiger partial charge in [0.2, 0.25) is 10.0 Å². The molecular formula is C12H19N3O4S. The molecule has 1 aromatic rings. The zero-order valence-corrected chi connectivity index (χ0v) is 11.8. The molecule has 0 bridgehead atoms.